The first-order valence-corrected chi connectivity index (χ1v) is 9.79. The zero-order chi connectivity index (χ0) is 14.8. The average molecular weight is 303 g/mol. The second-order valence-corrected chi connectivity index (χ2v) is 8.83. The van der Waals surface area contributed by atoms with E-state index >= 15 is 0 Å². The lowest BCUT2D eigenvalue weighted by molar-refractivity contribution is -0.159. The summed E-state index contributed by atoms with van der Waals surface area (Å²) in [7, 11) is -0.783. The van der Waals surface area contributed by atoms with E-state index in [9.17, 15) is 8.42 Å². The number of sulfone groups is 1. The van der Waals surface area contributed by atoms with Gasteiger partial charge >= 0.3 is 0 Å². The zero-order valence-corrected chi connectivity index (χ0v) is 13.9. The van der Waals surface area contributed by atoms with Crippen molar-refractivity contribution in [1.82, 2.24) is 4.90 Å². The van der Waals surface area contributed by atoms with Crippen LogP contribution in [0.4, 0.5) is 0 Å². The van der Waals surface area contributed by atoms with E-state index in [2.05, 4.69) is 18.9 Å². The normalized spacial score (nSPS) is 29.0. The van der Waals surface area contributed by atoms with Crippen molar-refractivity contribution in [2.24, 2.45) is 5.41 Å². The van der Waals surface area contributed by atoms with E-state index in [-0.39, 0.29) is 11.5 Å². The molecule has 0 saturated heterocycles. The molecule has 5 heteroatoms. The van der Waals surface area contributed by atoms with E-state index in [1.807, 2.05) is 0 Å². The summed E-state index contributed by atoms with van der Waals surface area (Å²) in [4.78, 5) is 2.27. The smallest absolute Gasteiger partial charge is 0.151 e. The van der Waals surface area contributed by atoms with Gasteiger partial charge in [0.2, 0.25) is 0 Å². The van der Waals surface area contributed by atoms with Crippen molar-refractivity contribution in [2.45, 2.75) is 58.1 Å². The van der Waals surface area contributed by atoms with E-state index in [4.69, 9.17) is 4.74 Å². The highest BCUT2D eigenvalue weighted by atomic mass is 32.2. The Balaban J connectivity index is 1.95. The Labute approximate surface area is 123 Å². The van der Waals surface area contributed by atoms with Crippen LogP contribution in [0, 0.1) is 5.41 Å². The predicted octanol–water partition coefficient (Wildman–Crippen LogP) is 2.09. The SMILES string of the molecule is CCO[C@@H]1C[C@H](N(C)CCS(=O)(=O)CC)C12CCCC2. The van der Waals surface area contributed by atoms with Crippen molar-refractivity contribution in [1.29, 1.82) is 0 Å². The molecule has 2 saturated carbocycles. The van der Waals surface area contributed by atoms with Crippen molar-refractivity contribution < 1.29 is 13.2 Å². The summed E-state index contributed by atoms with van der Waals surface area (Å²) in [5, 5.41) is 0. The summed E-state index contributed by atoms with van der Waals surface area (Å²) in [5.41, 5.74) is 0.306. The van der Waals surface area contributed by atoms with Gasteiger partial charge in [0.25, 0.3) is 0 Å². The Morgan fingerprint density at radius 1 is 1.25 bits per heavy atom. The molecule has 118 valence electrons. The molecule has 2 rings (SSSR count). The van der Waals surface area contributed by atoms with Crippen molar-refractivity contribution >= 4 is 9.84 Å². The van der Waals surface area contributed by atoms with Crippen LogP contribution in [0.1, 0.15) is 46.0 Å². The molecule has 2 aliphatic carbocycles. The molecular formula is C15H29NO3S. The van der Waals surface area contributed by atoms with Crippen molar-refractivity contribution in [3.8, 4) is 0 Å². The monoisotopic (exact) mass is 303 g/mol. The number of hydrogen-bond acceptors (Lipinski definition) is 4. The fourth-order valence-electron chi connectivity index (χ4n) is 4.05. The molecular weight excluding hydrogens is 274 g/mol. The fourth-order valence-corrected chi connectivity index (χ4v) is 4.91. The lowest BCUT2D eigenvalue weighted by Crippen LogP contribution is -2.63. The second-order valence-electron chi connectivity index (χ2n) is 6.35. The fraction of sp³-hybridized carbons (Fsp3) is 1.00. The minimum atomic E-state index is -2.86. The summed E-state index contributed by atoms with van der Waals surface area (Å²) in [6, 6.07) is 0.508. The van der Waals surface area contributed by atoms with Gasteiger partial charge in [0, 0.05) is 30.4 Å². The van der Waals surface area contributed by atoms with Gasteiger partial charge in [-0.05, 0) is 33.2 Å². The lowest BCUT2D eigenvalue weighted by atomic mass is 9.60. The molecule has 2 fully saturated rings. The Morgan fingerprint density at radius 2 is 1.90 bits per heavy atom. The minimum absolute atomic E-state index is 0.248. The molecule has 1 spiro atoms. The molecule has 0 aromatic heterocycles. The van der Waals surface area contributed by atoms with Gasteiger partial charge in [0.05, 0.1) is 11.9 Å². The maximum atomic E-state index is 11.7. The van der Waals surface area contributed by atoms with Gasteiger partial charge in [-0.25, -0.2) is 8.42 Å². The first-order valence-electron chi connectivity index (χ1n) is 7.97. The third-order valence-corrected chi connectivity index (χ3v) is 7.06. The number of ether oxygens (including phenoxy) is 1. The molecule has 0 heterocycles. The predicted molar refractivity (Wildman–Crippen MR) is 81.7 cm³/mol. The van der Waals surface area contributed by atoms with Gasteiger partial charge in [-0.1, -0.05) is 19.8 Å². The molecule has 0 aromatic carbocycles. The molecule has 4 nitrogen and oxygen atoms in total. The third-order valence-electron chi connectivity index (χ3n) is 5.37. The highest BCUT2D eigenvalue weighted by molar-refractivity contribution is 7.91. The largest absolute Gasteiger partial charge is 0.378 e. The van der Waals surface area contributed by atoms with E-state index in [0.29, 0.717) is 24.1 Å². The van der Waals surface area contributed by atoms with E-state index in [1.54, 1.807) is 6.92 Å². The van der Waals surface area contributed by atoms with E-state index in [0.717, 1.165) is 13.0 Å². The summed E-state index contributed by atoms with van der Waals surface area (Å²) in [6.45, 7) is 5.23. The van der Waals surface area contributed by atoms with Crippen LogP contribution in [0.2, 0.25) is 0 Å². The van der Waals surface area contributed by atoms with Gasteiger partial charge in [-0.3, -0.25) is 0 Å². The second kappa shape index (κ2) is 6.32. The molecule has 0 aliphatic heterocycles. The van der Waals surface area contributed by atoms with Crippen LogP contribution in [0.15, 0.2) is 0 Å². The van der Waals surface area contributed by atoms with Crippen LogP contribution in [0.5, 0.6) is 0 Å². The topological polar surface area (TPSA) is 46.6 Å². The quantitative estimate of drug-likeness (QED) is 0.722. The standard InChI is InChI=1S/C15H29NO3S/c1-4-19-14-12-13(15(14)8-6-7-9-15)16(3)10-11-20(17,18)5-2/h13-14H,4-12H2,1-3H3/t13-,14+/m0/s1. The molecule has 0 aromatic rings. The minimum Gasteiger partial charge on any atom is -0.378 e. The lowest BCUT2D eigenvalue weighted by Gasteiger charge is -2.57. The van der Waals surface area contributed by atoms with Crippen LogP contribution >= 0.6 is 0 Å². The zero-order valence-electron chi connectivity index (χ0n) is 13.1. The highest BCUT2D eigenvalue weighted by Crippen LogP contribution is 2.56. The molecule has 20 heavy (non-hydrogen) atoms. The Kier molecular flexibility index (Phi) is 5.14. The maximum absolute atomic E-state index is 11.7. The van der Waals surface area contributed by atoms with Gasteiger partial charge in [0.15, 0.2) is 9.84 Å². The molecule has 0 amide bonds. The van der Waals surface area contributed by atoms with Crippen LogP contribution in [-0.2, 0) is 14.6 Å². The third kappa shape index (κ3) is 3.04. The van der Waals surface area contributed by atoms with Gasteiger partial charge in [0.1, 0.15) is 0 Å². The Morgan fingerprint density at radius 3 is 2.45 bits per heavy atom. The first-order chi connectivity index (χ1) is 9.45. The van der Waals surface area contributed by atoms with Crippen molar-refractivity contribution in [3.63, 3.8) is 0 Å². The van der Waals surface area contributed by atoms with E-state index in [1.165, 1.54) is 25.7 Å². The summed E-state index contributed by atoms with van der Waals surface area (Å²) in [6.07, 6.45) is 6.53. The summed E-state index contributed by atoms with van der Waals surface area (Å²) >= 11 is 0. The van der Waals surface area contributed by atoms with Crippen molar-refractivity contribution in [3.05, 3.63) is 0 Å². The van der Waals surface area contributed by atoms with Gasteiger partial charge in [-0.2, -0.15) is 0 Å². The maximum Gasteiger partial charge on any atom is 0.151 e. The van der Waals surface area contributed by atoms with Crippen LogP contribution in [0.3, 0.4) is 0 Å². The summed E-state index contributed by atoms with van der Waals surface area (Å²) in [5.74, 6) is 0.532. The molecule has 0 unspecified atom stereocenters. The van der Waals surface area contributed by atoms with Crippen molar-refractivity contribution in [2.75, 3.05) is 31.7 Å². The Bertz CT molecular complexity index is 415. The van der Waals surface area contributed by atoms with Crippen LogP contribution < -0.4 is 0 Å². The molecule has 0 N–H and O–H groups in total. The van der Waals surface area contributed by atoms with E-state index < -0.39 is 9.84 Å². The molecule has 2 aliphatic rings. The number of nitrogens with zero attached hydrogens (tertiary/aromatic N) is 1. The van der Waals surface area contributed by atoms with Crippen LogP contribution in [-0.4, -0.2) is 57.2 Å². The summed E-state index contributed by atoms with van der Waals surface area (Å²) < 4.78 is 29.2. The van der Waals surface area contributed by atoms with Gasteiger partial charge < -0.3 is 9.64 Å². The molecule has 2 atom stereocenters. The highest BCUT2D eigenvalue weighted by Gasteiger charge is 2.57. The molecule has 0 bridgehead atoms. The van der Waals surface area contributed by atoms with Gasteiger partial charge in [-0.15, -0.1) is 0 Å². The molecule has 0 radical (unpaired) electrons. The Hall–Kier alpha value is -0.130. The number of rotatable bonds is 7. The van der Waals surface area contributed by atoms with Crippen LogP contribution in [0.25, 0.3) is 0 Å². The first kappa shape index (κ1) is 16.2. The average Bonchev–Trinajstić information content (AvgIpc) is 2.93. The number of hydrogen-bond donors (Lipinski definition) is 0.